The molecule has 2 aromatic rings. The van der Waals surface area contributed by atoms with Crippen molar-refractivity contribution >= 4 is 50.6 Å². The van der Waals surface area contributed by atoms with E-state index in [0.717, 1.165) is 25.7 Å². The third-order valence-corrected chi connectivity index (χ3v) is 6.75. The summed E-state index contributed by atoms with van der Waals surface area (Å²) in [6.07, 6.45) is 3.35. The third kappa shape index (κ3) is 4.70. The second-order valence-corrected chi connectivity index (χ2v) is 8.90. The maximum atomic E-state index is 12.7. The number of hydrogen-bond acceptors (Lipinski definition) is 4. The maximum Gasteiger partial charge on any atom is 0.323 e. The van der Waals surface area contributed by atoms with E-state index >= 15 is 0 Å². The molecular formula is C18H19Cl2N3O4S. The highest BCUT2D eigenvalue weighted by atomic mass is 35.5. The molecule has 7 nitrogen and oxygen atoms in total. The zero-order valence-corrected chi connectivity index (χ0v) is 17.0. The minimum Gasteiger partial charge on any atom is -0.504 e. The van der Waals surface area contributed by atoms with Crippen LogP contribution in [0, 0.1) is 0 Å². The standard InChI is InChI=1S/C18H19Cl2N3O4S/c19-12-7-3-4-8-14(12)21-18(25)22-15-10-9-13(20)17(16(15)24)28(26,27)23-11-5-1-2-6-11/h3-4,7-11,23-24H,1-2,5-6H2,(H2,21,22,25). The molecule has 0 atom stereocenters. The summed E-state index contributed by atoms with van der Waals surface area (Å²) in [5, 5.41) is 15.6. The van der Waals surface area contributed by atoms with Crippen molar-refractivity contribution in [3.05, 3.63) is 46.4 Å². The number of amides is 2. The largest absolute Gasteiger partial charge is 0.504 e. The van der Waals surface area contributed by atoms with Gasteiger partial charge in [-0.1, -0.05) is 48.2 Å². The van der Waals surface area contributed by atoms with Crippen LogP contribution in [0.5, 0.6) is 5.75 Å². The number of carbonyl (C=O) groups excluding carboxylic acids is 1. The zero-order chi connectivity index (χ0) is 20.3. The molecule has 1 aliphatic rings. The predicted octanol–water partition coefficient (Wildman–Crippen LogP) is 4.56. The second-order valence-electron chi connectivity index (χ2n) is 6.43. The minimum absolute atomic E-state index is 0.0965. The molecule has 0 saturated heterocycles. The van der Waals surface area contributed by atoms with Crippen LogP contribution < -0.4 is 15.4 Å². The number of nitrogens with one attached hydrogen (secondary N) is 3. The van der Waals surface area contributed by atoms with Crippen molar-refractivity contribution in [3.8, 4) is 5.75 Å². The van der Waals surface area contributed by atoms with Crippen LogP contribution in [0.2, 0.25) is 10.0 Å². The molecule has 2 amide bonds. The molecule has 1 saturated carbocycles. The van der Waals surface area contributed by atoms with Crippen LogP contribution in [0.4, 0.5) is 16.2 Å². The second kappa shape index (κ2) is 8.57. The highest BCUT2D eigenvalue weighted by Crippen LogP contribution is 2.37. The number of anilines is 2. The molecule has 0 aliphatic heterocycles. The van der Waals surface area contributed by atoms with Gasteiger partial charge in [0.25, 0.3) is 0 Å². The first-order valence-corrected chi connectivity index (χ1v) is 10.9. The minimum atomic E-state index is -4.05. The fourth-order valence-electron chi connectivity index (χ4n) is 3.06. The van der Waals surface area contributed by atoms with E-state index in [1.807, 2.05) is 0 Å². The Balaban J connectivity index is 1.82. The molecule has 0 radical (unpaired) electrons. The molecule has 28 heavy (non-hydrogen) atoms. The number of benzene rings is 2. The van der Waals surface area contributed by atoms with Crippen LogP contribution in [0.1, 0.15) is 25.7 Å². The van der Waals surface area contributed by atoms with Crippen LogP contribution in [-0.4, -0.2) is 25.6 Å². The summed E-state index contributed by atoms with van der Waals surface area (Å²) >= 11 is 12.0. The summed E-state index contributed by atoms with van der Waals surface area (Å²) in [4.78, 5) is 11.8. The highest BCUT2D eigenvalue weighted by molar-refractivity contribution is 7.89. The van der Waals surface area contributed by atoms with Gasteiger partial charge in [0.15, 0.2) is 5.75 Å². The van der Waals surface area contributed by atoms with Gasteiger partial charge in [0.05, 0.1) is 21.4 Å². The summed E-state index contributed by atoms with van der Waals surface area (Å²) in [5.74, 6) is -0.632. The normalized spacial score (nSPS) is 14.8. The highest BCUT2D eigenvalue weighted by Gasteiger charge is 2.29. The van der Waals surface area contributed by atoms with E-state index in [1.54, 1.807) is 24.3 Å². The maximum absolute atomic E-state index is 12.7. The lowest BCUT2D eigenvalue weighted by atomic mass is 10.3. The van der Waals surface area contributed by atoms with E-state index in [9.17, 15) is 18.3 Å². The number of urea groups is 1. The van der Waals surface area contributed by atoms with E-state index in [-0.39, 0.29) is 16.8 Å². The summed E-state index contributed by atoms with van der Waals surface area (Å²) in [7, 11) is -4.05. The molecule has 150 valence electrons. The Morgan fingerprint density at radius 2 is 1.61 bits per heavy atom. The lowest BCUT2D eigenvalue weighted by Gasteiger charge is -2.17. The van der Waals surface area contributed by atoms with E-state index in [1.165, 1.54) is 12.1 Å². The van der Waals surface area contributed by atoms with Gasteiger partial charge < -0.3 is 15.7 Å². The first-order chi connectivity index (χ1) is 13.3. The Labute approximate surface area is 173 Å². The van der Waals surface area contributed by atoms with Crippen molar-refractivity contribution in [2.75, 3.05) is 10.6 Å². The molecule has 0 bridgehead atoms. The Morgan fingerprint density at radius 3 is 2.29 bits per heavy atom. The number of hydrogen-bond donors (Lipinski definition) is 4. The molecule has 3 rings (SSSR count). The monoisotopic (exact) mass is 443 g/mol. The predicted molar refractivity (Wildman–Crippen MR) is 110 cm³/mol. The quantitative estimate of drug-likeness (QED) is 0.507. The molecule has 0 aromatic heterocycles. The van der Waals surface area contributed by atoms with Crippen LogP contribution in [0.15, 0.2) is 41.3 Å². The van der Waals surface area contributed by atoms with E-state index in [4.69, 9.17) is 23.2 Å². The van der Waals surface area contributed by atoms with Crippen molar-refractivity contribution in [2.24, 2.45) is 0 Å². The molecule has 1 fully saturated rings. The number of rotatable bonds is 5. The van der Waals surface area contributed by atoms with E-state index in [2.05, 4.69) is 15.4 Å². The molecule has 10 heteroatoms. The van der Waals surface area contributed by atoms with Crippen molar-refractivity contribution in [2.45, 2.75) is 36.6 Å². The van der Waals surface area contributed by atoms with Crippen molar-refractivity contribution < 1.29 is 18.3 Å². The number of carbonyl (C=O) groups is 1. The first kappa shape index (κ1) is 20.7. The van der Waals surface area contributed by atoms with E-state index < -0.39 is 26.7 Å². The molecule has 2 aromatic carbocycles. The van der Waals surface area contributed by atoms with Gasteiger partial charge in [-0.15, -0.1) is 0 Å². The van der Waals surface area contributed by atoms with Gasteiger partial charge >= 0.3 is 6.03 Å². The number of para-hydroxylation sites is 1. The first-order valence-electron chi connectivity index (χ1n) is 8.64. The Hall–Kier alpha value is -2.00. The van der Waals surface area contributed by atoms with Crippen molar-refractivity contribution in [3.63, 3.8) is 0 Å². The molecule has 0 heterocycles. The molecular weight excluding hydrogens is 425 g/mol. The van der Waals surface area contributed by atoms with Gasteiger partial charge in [0, 0.05) is 6.04 Å². The van der Waals surface area contributed by atoms with Gasteiger partial charge in [-0.2, -0.15) is 0 Å². The fraction of sp³-hybridized carbons (Fsp3) is 0.278. The number of sulfonamides is 1. The van der Waals surface area contributed by atoms with E-state index in [0.29, 0.717) is 10.7 Å². The van der Waals surface area contributed by atoms with Gasteiger partial charge in [0.2, 0.25) is 10.0 Å². The van der Waals surface area contributed by atoms with Gasteiger partial charge in [-0.05, 0) is 37.1 Å². The van der Waals surface area contributed by atoms with Crippen LogP contribution in [0.25, 0.3) is 0 Å². The zero-order valence-electron chi connectivity index (χ0n) is 14.7. The summed E-state index contributed by atoms with van der Waals surface area (Å²) in [6, 6.07) is 8.35. The smallest absolute Gasteiger partial charge is 0.323 e. The third-order valence-electron chi connectivity index (χ3n) is 4.40. The SMILES string of the molecule is O=C(Nc1ccccc1Cl)Nc1ccc(Cl)c(S(=O)(=O)NC2CCCC2)c1O. The Kier molecular flexibility index (Phi) is 6.34. The molecule has 0 spiro atoms. The Bertz CT molecular complexity index is 992. The number of halogens is 2. The number of aromatic hydroxyl groups is 1. The average molecular weight is 444 g/mol. The van der Waals surface area contributed by atoms with Crippen LogP contribution in [0.3, 0.4) is 0 Å². The summed E-state index contributed by atoms with van der Waals surface area (Å²) in [6.45, 7) is 0. The lowest BCUT2D eigenvalue weighted by molar-refractivity contribution is 0.262. The van der Waals surface area contributed by atoms with Crippen molar-refractivity contribution in [1.82, 2.24) is 4.72 Å². The van der Waals surface area contributed by atoms with Gasteiger partial charge in [0.1, 0.15) is 4.90 Å². The topological polar surface area (TPSA) is 108 Å². The lowest BCUT2D eigenvalue weighted by Crippen LogP contribution is -2.33. The fourth-order valence-corrected chi connectivity index (χ4v) is 5.19. The molecule has 4 N–H and O–H groups in total. The summed E-state index contributed by atoms with van der Waals surface area (Å²) in [5.41, 5.74) is 0.270. The van der Waals surface area contributed by atoms with Crippen molar-refractivity contribution in [1.29, 1.82) is 0 Å². The molecule has 1 aliphatic carbocycles. The number of phenols is 1. The average Bonchev–Trinajstić information content (AvgIpc) is 3.11. The molecule has 0 unspecified atom stereocenters. The van der Waals surface area contributed by atoms with Crippen LogP contribution >= 0.6 is 23.2 Å². The van der Waals surface area contributed by atoms with Crippen LogP contribution in [-0.2, 0) is 10.0 Å². The van der Waals surface area contributed by atoms with Gasteiger partial charge in [-0.3, -0.25) is 0 Å². The van der Waals surface area contributed by atoms with Gasteiger partial charge in [-0.25, -0.2) is 17.9 Å². The summed E-state index contributed by atoms with van der Waals surface area (Å²) < 4.78 is 28.0. The Morgan fingerprint density at radius 1 is 0.964 bits per heavy atom. The number of phenolic OH excluding ortho intramolecular Hbond substituents is 1.